The number of hydrogen-bond donors (Lipinski definition) is 1. The SMILES string of the molecule is COc1ccc([C@H](C(=O)NC(C)(C)C)N(C(=O)c2csnn2)c2ccc(F)cc2)cc1. The molecule has 0 unspecified atom stereocenters. The number of halogens is 1. The molecule has 0 aliphatic rings. The average molecular weight is 443 g/mol. The van der Waals surface area contributed by atoms with E-state index in [0.717, 1.165) is 11.5 Å². The van der Waals surface area contributed by atoms with Crippen molar-refractivity contribution in [2.45, 2.75) is 32.4 Å². The molecule has 7 nitrogen and oxygen atoms in total. The Bertz CT molecular complexity index is 1030. The number of nitrogens with one attached hydrogen (secondary N) is 1. The van der Waals surface area contributed by atoms with Gasteiger partial charge in [-0.1, -0.05) is 16.6 Å². The minimum absolute atomic E-state index is 0.0939. The van der Waals surface area contributed by atoms with Crippen LogP contribution in [0, 0.1) is 5.82 Å². The van der Waals surface area contributed by atoms with Crippen LogP contribution in [0.5, 0.6) is 5.75 Å². The first-order valence-corrected chi connectivity index (χ1v) is 10.4. The summed E-state index contributed by atoms with van der Waals surface area (Å²) in [6, 6.07) is 11.2. The molecule has 0 aliphatic heterocycles. The minimum atomic E-state index is -1.04. The Morgan fingerprint density at radius 2 is 1.74 bits per heavy atom. The van der Waals surface area contributed by atoms with Crippen LogP contribution in [0.1, 0.15) is 42.9 Å². The fourth-order valence-electron chi connectivity index (χ4n) is 3.01. The van der Waals surface area contributed by atoms with Gasteiger partial charge >= 0.3 is 0 Å². The molecule has 0 saturated carbocycles. The van der Waals surface area contributed by atoms with Crippen molar-refractivity contribution in [2.24, 2.45) is 0 Å². The van der Waals surface area contributed by atoms with E-state index >= 15 is 0 Å². The quantitative estimate of drug-likeness (QED) is 0.624. The van der Waals surface area contributed by atoms with Crippen molar-refractivity contribution in [3.8, 4) is 5.75 Å². The third kappa shape index (κ3) is 5.43. The zero-order chi connectivity index (χ0) is 22.6. The molecule has 1 heterocycles. The summed E-state index contributed by atoms with van der Waals surface area (Å²) in [5, 5.41) is 8.31. The molecule has 9 heteroatoms. The number of amides is 2. The van der Waals surface area contributed by atoms with E-state index in [2.05, 4.69) is 14.9 Å². The van der Waals surface area contributed by atoms with Gasteiger partial charge in [0, 0.05) is 16.6 Å². The van der Waals surface area contributed by atoms with Crippen molar-refractivity contribution in [3.63, 3.8) is 0 Å². The fourth-order valence-corrected chi connectivity index (χ4v) is 3.44. The standard InChI is InChI=1S/C22H23FN4O3S/c1-22(2,3)24-20(28)19(14-5-11-17(30-4)12-6-14)27(16-9-7-15(23)8-10-16)21(29)18-13-31-26-25-18/h5-13,19H,1-4H3,(H,24,28)/t19-/m1/s1. The molecule has 31 heavy (non-hydrogen) atoms. The van der Waals surface area contributed by atoms with Gasteiger partial charge in [-0.15, -0.1) is 5.10 Å². The van der Waals surface area contributed by atoms with Crippen LogP contribution in [0.15, 0.2) is 53.9 Å². The first-order valence-electron chi connectivity index (χ1n) is 9.52. The summed E-state index contributed by atoms with van der Waals surface area (Å²) in [7, 11) is 1.54. The molecule has 0 bridgehead atoms. The zero-order valence-corrected chi connectivity index (χ0v) is 18.4. The molecule has 1 aromatic heterocycles. The molecule has 2 amide bonds. The van der Waals surface area contributed by atoms with E-state index in [1.165, 1.54) is 34.5 Å². The minimum Gasteiger partial charge on any atom is -0.497 e. The summed E-state index contributed by atoms with van der Waals surface area (Å²) in [6.07, 6.45) is 0. The topological polar surface area (TPSA) is 84.4 Å². The Morgan fingerprint density at radius 3 is 2.26 bits per heavy atom. The smallest absolute Gasteiger partial charge is 0.280 e. The third-order valence-electron chi connectivity index (χ3n) is 4.34. The van der Waals surface area contributed by atoms with Crippen LogP contribution in [0.3, 0.4) is 0 Å². The lowest BCUT2D eigenvalue weighted by Gasteiger charge is -2.33. The maximum atomic E-state index is 13.6. The van der Waals surface area contributed by atoms with Crippen molar-refractivity contribution in [1.82, 2.24) is 14.9 Å². The molecule has 0 spiro atoms. The molecule has 1 atom stereocenters. The van der Waals surface area contributed by atoms with Crippen LogP contribution >= 0.6 is 11.5 Å². The van der Waals surface area contributed by atoms with Gasteiger partial charge in [0.05, 0.1) is 7.11 Å². The predicted octanol–water partition coefficient (Wildman–Crippen LogP) is 3.99. The van der Waals surface area contributed by atoms with Crippen molar-refractivity contribution in [2.75, 3.05) is 12.0 Å². The third-order valence-corrected chi connectivity index (χ3v) is 4.84. The highest BCUT2D eigenvalue weighted by Gasteiger charge is 2.35. The van der Waals surface area contributed by atoms with Gasteiger partial charge in [0.2, 0.25) is 5.91 Å². The zero-order valence-electron chi connectivity index (χ0n) is 17.6. The van der Waals surface area contributed by atoms with Crippen LogP contribution in [-0.4, -0.2) is 34.1 Å². The van der Waals surface area contributed by atoms with Gasteiger partial charge in [-0.3, -0.25) is 14.5 Å². The summed E-state index contributed by atoms with van der Waals surface area (Å²) in [5.41, 5.74) is 0.464. The second-order valence-corrected chi connectivity index (χ2v) is 8.47. The van der Waals surface area contributed by atoms with Gasteiger partial charge < -0.3 is 10.1 Å². The van der Waals surface area contributed by atoms with Crippen molar-refractivity contribution < 1.29 is 18.7 Å². The molecule has 0 saturated heterocycles. The lowest BCUT2D eigenvalue weighted by Crippen LogP contribution is -2.49. The average Bonchev–Trinajstić information content (AvgIpc) is 3.26. The van der Waals surface area contributed by atoms with E-state index in [1.54, 1.807) is 31.4 Å². The predicted molar refractivity (Wildman–Crippen MR) is 117 cm³/mol. The van der Waals surface area contributed by atoms with Crippen LogP contribution in [-0.2, 0) is 4.79 Å². The fraction of sp³-hybridized carbons (Fsp3) is 0.273. The summed E-state index contributed by atoms with van der Waals surface area (Å²) in [4.78, 5) is 28.2. The van der Waals surface area contributed by atoms with E-state index in [0.29, 0.717) is 17.0 Å². The summed E-state index contributed by atoms with van der Waals surface area (Å²) in [5.74, 6) is -0.752. The molecule has 1 N–H and O–H groups in total. The molecule has 0 fully saturated rings. The second-order valence-electron chi connectivity index (χ2n) is 7.86. The molecule has 0 radical (unpaired) electrons. The van der Waals surface area contributed by atoms with Crippen molar-refractivity contribution in [1.29, 1.82) is 0 Å². The molecule has 3 rings (SSSR count). The molecular weight excluding hydrogens is 419 g/mol. The van der Waals surface area contributed by atoms with Crippen LogP contribution in [0.4, 0.5) is 10.1 Å². The number of hydrogen-bond acceptors (Lipinski definition) is 6. The maximum Gasteiger partial charge on any atom is 0.280 e. The number of ether oxygens (including phenoxy) is 1. The van der Waals surface area contributed by atoms with Gasteiger partial charge in [0.25, 0.3) is 5.91 Å². The van der Waals surface area contributed by atoms with E-state index in [9.17, 15) is 14.0 Å². The van der Waals surface area contributed by atoms with Crippen molar-refractivity contribution in [3.05, 3.63) is 71.0 Å². The number of anilines is 1. The van der Waals surface area contributed by atoms with Crippen molar-refractivity contribution >= 4 is 29.0 Å². The van der Waals surface area contributed by atoms with Crippen LogP contribution in [0.25, 0.3) is 0 Å². The van der Waals surface area contributed by atoms with Gasteiger partial charge in [-0.05, 0) is 74.3 Å². The monoisotopic (exact) mass is 442 g/mol. The highest BCUT2D eigenvalue weighted by atomic mass is 32.1. The Labute approximate surface area is 184 Å². The Morgan fingerprint density at radius 1 is 1.10 bits per heavy atom. The number of methoxy groups -OCH3 is 1. The summed E-state index contributed by atoms with van der Waals surface area (Å²) < 4.78 is 22.6. The van der Waals surface area contributed by atoms with E-state index in [4.69, 9.17) is 4.74 Å². The number of nitrogens with zero attached hydrogens (tertiary/aromatic N) is 3. The molecule has 3 aromatic rings. The van der Waals surface area contributed by atoms with Gasteiger partial charge in [0.15, 0.2) is 5.69 Å². The summed E-state index contributed by atoms with van der Waals surface area (Å²) >= 11 is 1.03. The number of carbonyl (C=O) groups is 2. The van der Waals surface area contributed by atoms with Gasteiger partial charge in [-0.2, -0.15) is 0 Å². The largest absolute Gasteiger partial charge is 0.497 e. The summed E-state index contributed by atoms with van der Waals surface area (Å²) in [6.45, 7) is 5.55. The number of rotatable bonds is 6. The van der Waals surface area contributed by atoms with E-state index in [1.807, 2.05) is 20.8 Å². The normalized spacial score (nSPS) is 12.2. The number of carbonyl (C=O) groups excluding carboxylic acids is 2. The van der Waals surface area contributed by atoms with E-state index in [-0.39, 0.29) is 5.69 Å². The van der Waals surface area contributed by atoms with Crippen LogP contribution < -0.4 is 15.0 Å². The Hall–Kier alpha value is -3.33. The van der Waals surface area contributed by atoms with Crippen LogP contribution in [0.2, 0.25) is 0 Å². The maximum absolute atomic E-state index is 13.6. The Kier molecular flexibility index (Phi) is 6.65. The molecule has 0 aliphatic carbocycles. The van der Waals surface area contributed by atoms with Gasteiger partial charge in [0.1, 0.15) is 17.6 Å². The lowest BCUT2D eigenvalue weighted by atomic mass is 10.0. The van der Waals surface area contributed by atoms with E-state index < -0.39 is 29.2 Å². The molecule has 162 valence electrons. The first-order chi connectivity index (χ1) is 14.7. The highest BCUT2D eigenvalue weighted by Crippen LogP contribution is 2.31. The first kappa shape index (κ1) is 22.4. The number of aromatic nitrogens is 2. The molecular formula is C22H23FN4O3S. The highest BCUT2D eigenvalue weighted by molar-refractivity contribution is 7.03. The number of benzene rings is 2. The second kappa shape index (κ2) is 9.22. The Balaban J connectivity index is 2.16. The lowest BCUT2D eigenvalue weighted by molar-refractivity contribution is -0.123. The molecule has 2 aromatic carbocycles. The van der Waals surface area contributed by atoms with Gasteiger partial charge in [-0.25, -0.2) is 4.39 Å².